The molecule has 8 aromatic rings. The number of ether oxygens (including phenoxy) is 4. The molecule has 0 heterocycles. The summed E-state index contributed by atoms with van der Waals surface area (Å²) in [5.41, 5.74) is 17.7. The van der Waals surface area contributed by atoms with Crippen LogP contribution in [0.1, 0.15) is 47.9 Å². The van der Waals surface area contributed by atoms with Crippen molar-refractivity contribution in [1.29, 1.82) is 0 Å². The fourth-order valence-corrected chi connectivity index (χ4v) is 14.3. The van der Waals surface area contributed by atoms with Gasteiger partial charge in [0.25, 0.3) is 0 Å². The first-order chi connectivity index (χ1) is 42.7. The van der Waals surface area contributed by atoms with Crippen LogP contribution >= 0.6 is 47.0 Å². The Balaban J connectivity index is 1.04. The first-order valence-corrected chi connectivity index (χ1v) is 32.5. The van der Waals surface area contributed by atoms with E-state index in [1.165, 1.54) is 50.7 Å². The van der Waals surface area contributed by atoms with Gasteiger partial charge in [0.15, 0.2) is 0 Å². The van der Waals surface area contributed by atoms with Gasteiger partial charge >= 0.3 is 21.2 Å². The molecular weight excluding hydrogens is 1180 g/mol. The minimum Gasteiger partial charge on any atom is -0.461 e. The Bertz CT molecular complexity index is 3430. The van der Waals surface area contributed by atoms with E-state index in [-0.39, 0.29) is 31.6 Å². The molecule has 12 nitrogen and oxygen atoms in total. The number of hydrogen-bond donors (Lipinski definition) is 0. The van der Waals surface area contributed by atoms with Crippen molar-refractivity contribution in [3.05, 3.63) is 240 Å². The Hall–Kier alpha value is -8.28. The SMILES string of the molecule is COC(=O)SC1C=C(N(c2ccc(-c3ccc(N(C4=CC(SC(=O)OC)CCC4SC(=O)OC)c4ccc(N(c5ccc(C)cc5)c5ccc(C)cc5)cc4)cc3)cc2)c2ccc(N(c3ccc(C)cc3)c3ccc(C)cc3)cc2)C(SC(=O)OC)CC1. The second kappa shape index (κ2) is 29.1. The molecule has 0 saturated heterocycles. The van der Waals surface area contributed by atoms with Gasteiger partial charge < -0.3 is 38.5 Å². The van der Waals surface area contributed by atoms with E-state index in [1.54, 1.807) is 0 Å². The molecule has 0 saturated carbocycles. The number of methoxy groups -OCH3 is 4. The number of nitrogens with zero attached hydrogens (tertiary/aromatic N) is 4. The first-order valence-electron chi connectivity index (χ1n) is 29.0. The summed E-state index contributed by atoms with van der Waals surface area (Å²) in [6, 6.07) is 67.6. The molecule has 16 heteroatoms. The van der Waals surface area contributed by atoms with Crippen molar-refractivity contribution in [3.63, 3.8) is 0 Å². The quantitative estimate of drug-likeness (QED) is 0.0635. The average molecular weight is 1250 g/mol. The average Bonchev–Trinajstić information content (AvgIpc) is 1.08. The van der Waals surface area contributed by atoms with Gasteiger partial charge in [-0.2, -0.15) is 0 Å². The van der Waals surface area contributed by atoms with Crippen LogP contribution in [0.2, 0.25) is 0 Å². The van der Waals surface area contributed by atoms with Gasteiger partial charge in [0, 0.05) is 78.8 Å². The van der Waals surface area contributed by atoms with E-state index >= 15 is 0 Å². The molecule has 88 heavy (non-hydrogen) atoms. The fraction of sp³-hybridized carbons (Fsp3) is 0.222. The highest BCUT2D eigenvalue weighted by molar-refractivity contribution is 8.15. The zero-order valence-corrected chi connectivity index (χ0v) is 53.7. The lowest BCUT2D eigenvalue weighted by Gasteiger charge is -2.36. The summed E-state index contributed by atoms with van der Waals surface area (Å²) >= 11 is 4.54. The third kappa shape index (κ3) is 15.2. The molecule has 4 unspecified atom stereocenters. The Kier molecular flexibility index (Phi) is 20.8. The van der Waals surface area contributed by atoms with Gasteiger partial charge in [-0.15, -0.1) is 0 Å². The number of thioether (sulfide) groups is 4. The van der Waals surface area contributed by atoms with E-state index in [1.807, 2.05) is 0 Å². The second-order valence-corrected chi connectivity index (χ2v) is 26.1. The molecule has 0 aromatic heterocycles. The van der Waals surface area contributed by atoms with Gasteiger partial charge in [-0.05, 0) is 245 Å². The summed E-state index contributed by atoms with van der Waals surface area (Å²) < 4.78 is 20.7. The molecule has 0 bridgehead atoms. The van der Waals surface area contributed by atoms with Gasteiger partial charge in [0.05, 0.1) is 38.9 Å². The molecule has 8 aromatic carbocycles. The van der Waals surface area contributed by atoms with Crippen LogP contribution in [0.25, 0.3) is 11.1 Å². The third-order valence-electron chi connectivity index (χ3n) is 15.4. The molecule has 0 aliphatic heterocycles. The number of hydrogen-bond acceptors (Lipinski definition) is 16. The van der Waals surface area contributed by atoms with Gasteiger partial charge in [0.1, 0.15) is 0 Å². The number of carbonyl (C=O) groups is 4. The van der Waals surface area contributed by atoms with Crippen molar-refractivity contribution in [1.82, 2.24) is 0 Å². The minimum absolute atomic E-state index is 0.212. The zero-order valence-electron chi connectivity index (χ0n) is 50.5. The zero-order chi connectivity index (χ0) is 61.8. The Labute approximate surface area is 533 Å². The van der Waals surface area contributed by atoms with Crippen molar-refractivity contribution in [2.75, 3.05) is 48.0 Å². The molecular formula is C72H70N4O8S4. The van der Waals surface area contributed by atoms with E-state index in [9.17, 15) is 19.2 Å². The number of carbonyl (C=O) groups excluding carboxylic acids is 4. The Morgan fingerprint density at radius 2 is 0.500 bits per heavy atom. The molecule has 10 rings (SSSR count). The van der Waals surface area contributed by atoms with Crippen molar-refractivity contribution >= 4 is 125 Å². The van der Waals surface area contributed by atoms with Gasteiger partial charge in [-0.1, -0.05) is 95.1 Å². The molecule has 0 spiro atoms. The summed E-state index contributed by atoms with van der Waals surface area (Å²) in [4.78, 5) is 60.7. The monoisotopic (exact) mass is 1250 g/mol. The summed E-state index contributed by atoms with van der Waals surface area (Å²) in [7, 11) is 5.57. The van der Waals surface area contributed by atoms with Crippen LogP contribution in [0.5, 0.6) is 0 Å². The molecule has 0 fully saturated rings. The maximum atomic E-state index is 13.1. The van der Waals surface area contributed by atoms with E-state index < -0.39 is 10.6 Å². The van der Waals surface area contributed by atoms with Crippen LogP contribution in [-0.2, 0) is 18.9 Å². The summed E-state index contributed by atoms with van der Waals surface area (Å²) in [5, 5.41) is -2.58. The molecule has 0 amide bonds. The van der Waals surface area contributed by atoms with Crippen molar-refractivity contribution in [3.8, 4) is 11.1 Å². The predicted molar refractivity (Wildman–Crippen MR) is 367 cm³/mol. The highest BCUT2D eigenvalue weighted by Gasteiger charge is 2.35. The standard InChI is InChI=1S/C72H70N4O8S4/c1-47-9-21-53(22-10-47)73(54-23-11-48(2)12-24-54)57-33-37-61(38-34-57)75(65-45-63(85-69(77)81-5)41-43-67(65)87-71(79)83-7)59-29-17-51(18-30-59)52-19-31-60(32-20-52)76(66-46-64(86-70(78)82-6)42-44-68(66)88-72(80)84-8)62-39-35-58(36-40-62)74(55-25-13-49(3)14-26-55)56-27-15-50(4)16-28-56/h9-40,45-46,63-64,67-68H,41-44H2,1-8H3. The Morgan fingerprint density at radius 1 is 0.295 bits per heavy atom. The second-order valence-electron chi connectivity index (χ2n) is 21.5. The predicted octanol–water partition coefficient (Wildman–Crippen LogP) is 20.6. The maximum absolute atomic E-state index is 13.1. The Morgan fingerprint density at radius 3 is 0.739 bits per heavy atom. The van der Waals surface area contributed by atoms with E-state index in [4.69, 9.17) is 18.9 Å². The van der Waals surface area contributed by atoms with E-state index in [0.717, 1.165) is 126 Å². The van der Waals surface area contributed by atoms with Crippen molar-refractivity contribution in [2.45, 2.75) is 74.4 Å². The van der Waals surface area contributed by atoms with Crippen molar-refractivity contribution < 1.29 is 38.1 Å². The fourth-order valence-electron chi connectivity index (χ4n) is 10.9. The topological polar surface area (TPSA) is 118 Å². The lowest BCUT2D eigenvalue weighted by molar-refractivity contribution is 0.199. The summed E-state index contributed by atoms with van der Waals surface area (Å²) in [5.74, 6) is 0. The molecule has 2 aliphatic carbocycles. The number of benzene rings is 8. The number of aryl methyl sites for hydroxylation is 4. The maximum Gasteiger partial charge on any atom is 0.367 e. The first kappa shape index (κ1) is 62.8. The van der Waals surface area contributed by atoms with Crippen LogP contribution in [0.15, 0.2) is 218 Å². The van der Waals surface area contributed by atoms with Crippen LogP contribution in [0.4, 0.5) is 76.1 Å². The minimum atomic E-state index is -0.397. The largest absolute Gasteiger partial charge is 0.461 e. The van der Waals surface area contributed by atoms with Gasteiger partial charge in [-0.3, -0.25) is 0 Å². The third-order valence-corrected chi connectivity index (χ3v) is 19.7. The normalized spacial score (nSPS) is 16.3. The molecule has 2 aliphatic rings. The van der Waals surface area contributed by atoms with Gasteiger partial charge in [-0.25, -0.2) is 19.2 Å². The molecule has 4 atom stereocenters. The highest BCUT2D eigenvalue weighted by Crippen LogP contribution is 2.47. The highest BCUT2D eigenvalue weighted by atomic mass is 32.2. The van der Waals surface area contributed by atoms with Crippen molar-refractivity contribution in [2.24, 2.45) is 0 Å². The number of rotatable bonds is 17. The van der Waals surface area contributed by atoms with E-state index in [0.29, 0.717) is 25.7 Å². The summed E-state index contributed by atoms with van der Waals surface area (Å²) in [6.07, 6.45) is 6.70. The lowest BCUT2D eigenvalue weighted by atomic mass is 9.99. The van der Waals surface area contributed by atoms with Crippen LogP contribution in [-0.4, -0.2) is 70.6 Å². The smallest absolute Gasteiger partial charge is 0.367 e. The molecule has 0 N–H and O–H groups in total. The van der Waals surface area contributed by atoms with Crippen LogP contribution < -0.4 is 19.6 Å². The van der Waals surface area contributed by atoms with E-state index in [2.05, 4.69) is 254 Å². The van der Waals surface area contributed by atoms with Crippen LogP contribution in [0.3, 0.4) is 0 Å². The number of anilines is 10. The molecule has 0 radical (unpaired) electrons. The molecule has 450 valence electrons. The lowest BCUT2D eigenvalue weighted by Crippen LogP contribution is -2.30. The van der Waals surface area contributed by atoms with Gasteiger partial charge in [0.2, 0.25) is 0 Å². The summed E-state index contributed by atoms with van der Waals surface area (Å²) in [6.45, 7) is 8.34. The van der Waals surface area contributed by atoms with Crippen LogP contribution in [0, 0.1) is 27.7 Å².